The van der Waals surface area contributed by atoms with Crippen LogP contribution in [0.2, 0.25) is 0 Å². The summed E-state index contributed by atoms with van der Waals surface area (Å²) in [6, 6.07) is 0. The van der Waals surface area contributed by atoms with Crippen LogP contribution < -0.4 is 0 Å². The fraction of sp³-hybridized carbons (Fsp3) is 0.538. The lowest BCUT2D eigenvalue weighted by Gasteiger charge is -1.95. The Balaban J connectivity index is 0. The van der Waals surface area contributed by atoms with Crippen LogP contribution in [0.15, 0.2) is 23.8 Å². The van der Waals surface area contributed by atoms with Gasteiger partial charge in [0.2, 0.25) is 0 Å². The summed E-state index contributed by atoms with van der Waals surface area (Å²) in [6.07, 6.45) is 5.03. The summed E-state index contributed by atoms with van der Waals surface area (Å²) >= 11 is 0. The molecule has 0 spiro atoms. The molecular formula is C13H22O4. The molecule has 0 saturated carbocycles. The van der Waals surface area contributed by atoms with E-state index in [2.05, 4.69) is 6.58 Å². The molecule has 0 unspecified atom stereocenters. The van der Waals surface area contributed by atoms with Crippen LogP contribution in [0.3, 0.4) is 0 Å². The van der Waals surface area contributed by atoms with Gasteiger partial charge in [0.1, 0.15) is 0 Å². The van der Waals surface area contributed by atoms with Gasteiger partial charge in [-0.1, -0.05) is 32.9 Å². The molecule has 0 heterocycles. The Bertz CT molecular complexity index is 290. The molecule has 0 fully saturated rings. The van der Waals surface area contributed by atoms with Gasteiger partial charge < -0.3 is 10.2 Å². The summed E-state index contributed by atoms with van der Waals surface area (Å²) in [7, 11) is 0. The fourth-order valence-electron chi connectivity index (χ4n) is 0.891. The van der Waals surface area contributed by atoms with Crippen LogP contribution in [-0.2, 0) is 9.59 Å². The monoisotopic (exact) mass is 242 g/mol. The Morgan fingerprint density at radius 1 is 1.18 bits per heavy atom. The molecule has 0 amide bonds. The smallest absolute Gasteiger partial charge is 0.330 e. The molecule has 0 aliphatic rings. The van der Waals surface area contributed by atoms with Gasteiger partial charge in [-0.05, 0) is 26.2 Å². The maximum atomic E-state index is 10.1. The molecule has 0 atom stereocenters. The summed E-state index contributed by atoms with van der Waals surface area (Å²) in [5.74, 6) is -1.70. The fourth-order valence-corrected chi connectivity index (χ4v) is 0.891. The van der Waals surface area contributed by atoms with Crippen LogP contribution in [0.1, 0.15) is 46.5 Å². The molecule has 0 aromatic heterocycles. The number of hydrogen-bond donors (Lipinski definition) is 2. The van der Waals surface area contributed by atoms with Crippen LogP contribution in [0.5, 0.6) is 0 Å². The minimum atomic E-state index is -0.872. The van der Waals surface area contributed by atoms with E-state index in [1.807, 2.05) is 13.8 Å². The van der Waals surface area contributed by atoms with Gasteiger partial charge >= 0.3 is 11.9 Å². The van der Waals surface area contributed by atoms with Gasteiger partial charge in [0.15, 0.2) is 0 Å². The summed E-state index contributed by atoms with van der Waals surface area (Å²) in [5.41, 5.74) is 0.740. The molecule has 17 heavy (non-hydrogen) atoms. The predicted molar refractivity (Wildman–Crippen MR) is 68.0 cm³/mol. The second-order valence-corrected chi connectivity index (χ2v) is 3.61. The molecule has 4 heteroatoms. The van der Waals surface area contributed by atoms with Crippen molar-refractivity contribution in [2.45, 2.75) is 46.5 Å². The standard InChI is InChI=1S/C7H12O2.C6H10O2/c1-3-4-5-6(2)7(8)9;1-3-4-5(2)6(7)8/h2-5H2,1H3,(H,8,9);4H,3H2,1-2H3,(H,7,8). The number of carbonyl (C=O) groups is 2. The largest absolute Gasteiger partial charge is 0.478 e. The normalized spacial score (nSPS) is 10.2. The van der Waals surface area contributed by atoms with Gasteiger partial charge in [0.25, 0.3) is 0 Å². The Kier molecular flexibility index (Phi) is 11.4. The third kappa shape index (κ3) is 12.4. The van der Waals surface area contributed by atoms with Gasteiger partial charge in [-0.25, -0.2) is 9.59 Å². The van der Waals surface area contributed by atoms with Crippen molar-refractivity contribution in [1.29, 1.82) is 0 Å². The van der Waals surface area contributed by atoms with E-state index < -0.39 is 11.9 Å². The zero-order valence-corrected chi connectivity index (χ0v) is 10.8. The highest BCUT2D eigenvalue weighted by Crippen LogP contribution is 2.03. The first-order valence-corrected chi connectivity index (χ1v) is 5.67. The molecular weight excluding hydrogens is 220 g/mol. The average Bonchev–Trinajstić information content (AvgIpc) is 2.26. The van der Waals surface area contributed by atoms with Crippen molar-refractivity contribution in [3.8, 4) is 0 Å². The summed E-state index contributed by atoms with van der Waals surface area (Å²) in [5, 5.41) is 16.6. The number of carboxylic acid groups (broad SMARTS) is 2. The molecule has 0 aliphatic heterocycles. The highest BCUT2D eigenvalue weighted by Gasteiger charge is 2.00. The molecule has 0 bridgehead atoms. The molecule has 4 nitrogen and oxygen atoms in total. The van der Waals surface area contributed by atoms with Gasteiger partial charge in [-0.2, -0.15) is 0 Å². The highest BCUT2D eigenvalue weighted by molar-refractivity contribution is 5.86. The van der Waals surface area contributed by atoms with Crippen LogP contribution in [0, 0.1) is 0 Å². The van der Waals surface area contributed by atoms with Gasteiger partial charge in [-0.15, -0.1) is 0 Å². The van der Waals surface area contributed by atoms with Crippen molar-refractivity contribution in [3.63, 3.8) is 0 Å². The molecule has 98 valence electrons. The number of carboxylic acids is 2. The quantitative estimate of drug-likeness (QED) is 0.701. The Morgan fingerprint density at radius 3 is 1.94 bits per heavy atom. The lowest BCUT2D eigenvalue weighted by Crippen LogP contribution is -1.97. The SMILES string of the molecule is C=C(CCCC)C(=O)O.CCC=C(C)C(=O)O. The van der Waals surface area contributed by atoms with E-state index >= 15 is 0 Å². The van der Waals surface area contributed by atoms with Crippen molar-refractivity contribution in [2.75, 3.05) is 0 Å². The third-order valence-electron chi connectivity index (χ3n) is 1.98. The molecule has 0 aromatic rings. The van der Waals surface area contributed by atoms with E-state index in [9.17, 15) is 9.59 Å². The van der Waals surface area contributed by atoms with Gasteiger partial charge in [-0.3, -0.25) is 0 Å². The molecule has 0 rings (SSSR count). The van der Waals surface area contributed by atoms with Crippen molar-refractivity contribution in [2.24, 2.45) is 0 Å². The van der Waals surface area contributed by atoms with E-state index in [1.165, 1.54) is 0 Å². The topological polar surface area (TPSA) is 74.6 Å². The molecule has 2 N–H and O–H groups in total. The van der Waals surface area contributed by atoms with Crippen molar-refractivity contribution in [1.82, 2.24) is 0 Å². The van der Waals surface area contributed by atoms with E-state index in [4.69, 9.17) is 10.2 Å². The maximum Gasteiger partial charge on any atom is 0.330 e. The lowest BCUT2D eigenvalue weighted by atomic mass is 10.1. The molecule has 0 radical (unpaired) electrons. The average molecular weight is 242 g/mol. The molecule has 0 aromatic carbocycles. The van der Waals surface area contributed by atoms with E-state index in [1.54, 1.807) is 13.0 Å². The first kappa shape index (κ1) is 17.8. The zero-order chi connectivity index (χ0) is 13.8. The minimum Gasteiger partial charge on any atom is -0.478 e. The van der Waals surface area contributed by atoms with Crippen molar-refractivity contribution < 1.29 is 19.8 Å². The number of hydrogen-bond acceptors (Lipinski definition) is 2. The Morgan fingerprint density at radius 2 is 1.71 bits per heavy atom. The molecule has 0 aliphatic carbocycles. The lowest BCUT2D eigenvalue weighted by molar-refractivity contribution is -0.133. The second-order valence-electron chi connectivity index (χ2n) is 3.61. The van der Waals surface area contributed by atoms with Gasteiger partial charge in [0.05, 0.1) is 0 Å². The highest BCUT2D eigenvalue weighted by atomic mass is 16.4. The summed E-state index contributed by atoms with van der Waals surface area (Å²) in [6.45, 7) is 8.91. The number of unbranched alkanes of at least 4 members (excludes halogenated alkanes) is 1. The second kappa shape index (κ2) is 10.9. The van der Waals surface area contributed by atoms with Crippen LogP contribution in [0.25, 0.3) is 0 Å². The number of aliphatic carboxylic acids is 2. The maximum absolute atomic E-state index is 10.1. The number of rotatable bonds is 6. The van der Waals surface area contributed by atoms with Crippen molar-refractivity contribution >= 4 is 11.9 Å². The minimum absolute atomic E-state index is 0.317. The van der Waals surface area contributed by atoms with Gasteiger partial charge in [0, 0.05) is 11.1 Å². The molecule has 0 saturated heterocycles. The first-order valence-electron chi connectivity index (χ1n) is 5.67. The summed E-state index contributed by atoms with van der Waals surface area (Å²) < 4.78 is 0. The summed E-state index contributed by atoms with van der Waals surface area (Å²) in [4.78, 5) is 20.1. The Labute approximate surface area is 103 Å². The predicted octanol–water partition coefficient (Wildman–Crippen LogP) is 3.24. The van der Waals surface area contributed by atoms with Crippen LogP contribution >= 0.6 is 0 Å². The van der Waals surface area contributed by atoms with E-state index in [0.717, 1.165) is 19.3 Å². The van der Waals surface area contributed by atoms with E-state index in [-0.39, 0.29) is 0 Å². The zero-order valence-electron chi connectivity index (χ0n) is 10.8. The first-order chi connectivity index (χ1) is 7.86. The van der Waals surface area contributed by atoms with Crippen LogP contribution in [-0.4, -0.2) is 22.2 Å². The van der Waals surface area contributed by atoms with Crippen LogP contribution in [0.4, 0.5) is 0 Å². The number of allylic oxidation sites excluding steroid dienone is 1. The van der Waals surface area contributed by atoms with E-state index in [0.29, 0.717) is 17.6 Å². The Hall–Kier alpha value is -1.58. The van der Waals surface area contributed by atoms with Crippen molar-refractivity contribution in [3.05, 3.63) is 23.8 Å². The third-order valence-corrected chi connectivity index (χ3v) is 1.98.